The summed E-state index contributed by atoms with van der Waals surface area (Å²) < 4.78 is 1.38. The number of halogens is 1. The standard InChI is InChI=1S/C9H17I/c1-7(2)9-5-3-4-8(9)6-10/h7-9H,3-6H2,1-2H3. The van der Waals surface area contributed by atoms with Gasteiger partial charge < -0.3 is 0 Å². The van der Waals surface area contributed by atoms with Crippen LogP contribution < -0.4 is 0 Å². The first-order valence-electron chi connectivity index (χ1n) is 4.31. The fourth-order valence-corrected chi connectivity index (χ4v) is 3.23. The summed E-state index contributed by atoms with van der Waals surface area (Å²) in [6.07, 6.45) is 4.47. The lowest BCUT2D eigenvalue weighted by Crippen LogP contribution is -2.14. The number of hydrogen-bond donors (Lipinski definition) is 0. The van der Waals surface area contributed by atoms with Gasteiger partial charge in [-0.3, -0.25) is 0 Å². The van der Waals surface area contributed by atoms with Crippen molar-refractivity contribution >= 4 is 22.6 Å². The highest BCUT2D eigenvalue weighted by Gasteiger charge is 2.28. The predicted octanol–water partition coefficient (Wildman–Crippen LogP) is 3.49. The van der Waals surface area contributed by atoms with Gasteiger partial charge in [0.2, 0.25) is 0 Å². The second-order valence-electron chi connectivity index (χ2n) is 3.75. The summed E-state index contributed by atoms with van der Waals surface area (Å²) in [4.78, 5) is 0. The maximum atomic E-state index is 2.54. The summed E-state index contributed by atoms with van der Waals surface area (Å²) in [5.41, 5.74) is 0. The van der Waals surface area contributed by atoms with Crippen LogP contribution in [0.3, 0.4) is 0 Å². The molecule has 1 aliphatic carbocycles. The minimum Gasteiger partial charge on any atom is -0.0861 e. The molecule has 0 spiro atoms. The Morgan fingerprint density at radius 2 is 2.10 bits per heavy atom. The average molecular weight is 252 g/mol. The van der Waals surface area contributed by atoms with Crippen molar-refractivity contribution in [3.05, 3.63) is 0 Å². The molecule has 0 radical (unpaired) electrons. The summed E-state index contributed by atoms with van der Waals surface area (Å²) in [5.74, 6) is 3.00. The molecule has 0 nitrogen and oxygen atoms in total. The van der Waals surface area contributed by atoms with Gasteiger partial charge in [-0.15, -0.1) is 0 Å². The maximum Gasteiger partial charge on any atom is 0.00264 e. The highest BCUT2D eigenvalue weighted by Crippen LogP contribution is 2.37. The lowest BCUT2D eigenvalue weighted by atomic mass is 9.87. The van der Waals surface area contributed by atoms with Crippen molar-refractivity contribution in [1.29, 1.82) is 0 Å². The van der Waals surface area contributed by atoms with E-state index in [0.717, 1.165) is 17.8 Å². The first kappa shape index (κ1) is 8.82. The molecule has 2 unspecified atom stereocenters. The zero-order chi connectivity index (χ0) is 7.56. The number of alkyl halides is 1. The second-order valence-corrected chi connectivity index (χ2v) is 4.63. The third-order valence-electron chi connectivity index (χ3n) is 2.77. The molecule has 1 rings (SSSR count). The SMILES string of the molecule is CC(C)C1CCCC1CI. The first-order chi connectivity index (χ1) is 4.75. The van der Waals surface area contributed by atoms with E-state index in [0.29, 0.717) is 0 Å². The molecule has 10 heavy (non-hydrogen) atoms. The number of hydrogen-bond acceptors (Lipinski definition) is 0. The lowest BCUT2D eigenvalue weighted by molar-refractivity contribution is 0.321. The van der Waals surface area contributed by atoms with Crippen LogP contribution in [-0.4, -0.2) is 4.43 Å². The molecular formula is C9H17I. The molecule has 1 aliphatic rings. The fraction of sp³-hybridized carbons (Fsp3) is 1.00. The van der Waals surface area contributed by atoms with Crippen molar-refractivity contribution in [2.24, 2.45) is 17.8 Å². The summed E-state index contributed by atoms with van der Waals surface area (Å²) >= 11 is 2.54. The van der Waals surface area contributed by atoms with Gasteiger partial charge in [-0.1, -0.05) is 42.9 Å². The van der Waals surface area contributed by atoms with Crippen LogP contribution in [0.4, 0.5) is 0 Å². The molecule has 0 aromatic carbocycles. The number of rotatable bonds is 2. The molecule has 0 amide bonds. The highest BCUT2D eigenvalue weighted by atomic mass is 127. The molecule has 0 aromatic rings. The van der Waals surface area contributed by atoms with Crippen LogP contribution >= 0.6 is 22.6 Å². The second kappa shape index (κ2) is 3.93. The van der Waals surface area contributed by atoms with Gasteiger partial charge in [0.25, 0.3) is 0 Å². The van der Waals surface area contributed by atoms with Gasteiger partial charge in [0.05, 0.1) is 0 Å². The van der Waals surface area contributed by atoms with Gasteiger partial charge >= 0.3 is 0 Å². The minimum absolute atomic E-state index is 0.919. The fourth-order valence-electron chi connectivity index (χ4n) is 2.13. The smallest absolute Gasteiger partial charge is 0.00264 e. The highest BCUT2D eigenvalue weighted by molar-refractivity contribution is 14.1. The Labute approximate surface area is 77.9 Å². The predicted molar refractivity (Wildman–Crippen MR) is 54.6 cm³/mol. The molecule has 0 saturated heterocycles. The molecule has 1 fully saturated rings. The summed E-state index contributed by atoms with van der Waals surface area (Å²) in [5, 5.41) is 0. The molecule has 60 valence electrons. The quantitative estimate of drug-likeness (QED) is 0.521. The van der Waals surface area contributed by atoms with Crippen molar-refractivity contribution in [3.63, 3.8) is 0 Å². The molecular weight excluding hydrogens is 235 g/mol. The molecule has 0 bridgehead atoms. The first-order valence-corrected chi connectivity index (χ1v) is 5.84. The molecule has 0 aromatic heterocycles. The monoisotopic (exact) mass is 252 g/mol. The van der Waals surface area contributed by atoms with Crippen LogP contribution in [0.5, 0.6) is 0 Å². The van der Waals surface area contributed by atoms with Gasteiger partial charge in [-0.25, -0.2) is 0 Å². The van der Waals surface area contributed by atoms with Crippen LogP contribution in [0.15, 0.2) is 0 Å². The normalized spacial score (nSPS) is 33.6. The van der Waals surface area contributed by atoms with Gasteiger partial charge in [0.15, 0.2) is 0 Å². The van der Waals surface area contributed by atoms with Crippen molar-refractivity contribution in [3.8, 4) is 0 Å². The zero-order valence-electron chi connectivity index (χ0n) is 6.94. The Morgan fingerprint density at radius 1 is 1.40 bits per heavy atom. The minimum atomic E-state index is 0.919. The Kier molecular flexibility index (Phi) is 3.47. The van der Waals surface area contributed by atoms with Crippen LogP contribution in [0.1, 0.15) is 33.1 Å². The molecule has 0 aliphatic heterocycles. The van der Waals surface area contributed by atoms with E-state index in [2.05, 4.69) is 36.4 Å². The summed E-state index contributed by atoms with van der Waals surface area (Å²) in [6.45, 7) is 4.74. The van der Waals surface area contributed by atoms with E-state index >= 15 is 0 Å². The van der Waals surface area contributed by atoms with Crippen molar-refractivity contribution in [1.82, 2.24) is 0 Å². The van der Waals surface area contributed by atoms with Crippen LogP contribution in [0, 0.1) is 17.8 Å². The molecule has 1 saturated carbocycles. The molecule has 0 N–H and O–H groups in total. The van der Waals surface area contributed by atoms with Crippen molar-refractivity contribution in [2.45, 2.75) is 33.1 Å². The van der Waals surface area contributed by atoms with E-state index in [1.807, 2.05) is 0 Å². The third-order valence-corrected chi connectivity index (χ3v) is 3.90. The van der Waals surface area contributed by atoms with Crippen LogP contribution in [0.2, 0.25) is 0 Å². The van der Waals surface area contributed by atoms with Gasteiger partial charge in [-0.05, 0) is 30.6 Å². The Morgan fingerprint density at radius 3 is 2.50 bits per heavy atom. The van der Waals surface area contributed by atoms with Gasteiger partial charge in [-0.2, -0.15) is 0 Å². The molecule has 1 heteroatoms. The van der Waals surface area contributed by atoms with E-state index in [9.17, 15) is 0 Å². The van der Waals surface area contributed by atoms with Gasteiger partial charge in [0, 0.05) is 4.43 Å². The topological polar surface area (TPSA) is 0 Å². The van der Waals surface area contributed by atoms with Crippen molar-refractivity contribution in [2.75, 3.05) is 4.43 Å². The van der Waals surface area contributed by atoms with Gasteiger partial charge in [0.1, 0.15) is 0 Å². The lowest BCUT2D eigenvalue weighted by Gasteiger charge is -2.20. The Bertz CT molecular complexity index is 98.9. The van der Waals surface area contributed by atoms with Crippen LogP contribution in [0.25, 0.3) is 0 Å². The Balaban J connectivity index is 2.42. The average Bonchev–Trinajstić information content (AvgIpc) is 2.33. The zero-order valence-corrected chi connectivity index (χ0v) is 9.10. The maximum absolute atomic E-state index is 2.54. The van der Waals surface area contributed by atoms with E-state index < -0.39 is 0 Å². The van der Waals surface area contributed by atoms with E-state index in [1.54, 1.807) is 0 Å². The molecule has 0 heterocycles. The van der Waals surface area contributed by atoms with E-state index in [-0.39, 0.29) is 0 Å². The largest absolute Gasteiger partial charge is 0.0861 e. The summed E-state index contributed by atoms with van der Waals surface area (Å²) in [7, 11) is 0. The van der Waals surface area contributed by atoms with E-state index in [4.69, 9.17) is 0 Å². The Hall–Kier alpha value is 0.730. The third kappa shape index (κ3) is 1.86. The summed E-state index contributed by atoms with van der Waals surface area (Å²) in [6, 6.07) is 0. The van der Waals surface area contributed by atoms with Crippen LogP contribution in [-0.2, 0) is 0 Å². The van der Waals surface area contributed by atoms with E-state index in [1.165, 1.54) is 23.7 Å². The molecule has 2 atom stereocenters. The van der Waals surface area contributed by atoms with Crippen molar-refractivity contribution < 1.29 is 0 Å².